The van der Waals surface area contributed by atoms with E-state index in [4.69, 9.17) is 10.5 Å². The fourth-order valence-electron chi connectivity index (χ4n) is 2.82. The highest BCUT2D eigenvalue weighted by Gasteiger charge is 2.27. The van der Waals surface area contributed by atoms with E-state index in [1.165, 1.54) is 32.1 Å². The fourth-order valence-corrected chi connectivity index (χ4v) is 3.26. The molecule has 5 nitrogen and oxygen atoms in total. The van der Waals surface area contributed by atoms with E-state index in [9.17, 15) is 0 Å². The summed E-state index contributed by atoms with van der Waals surface area (Å²) in [5.74, 6) is 1.18. The van der Waals surface area contributed by atoms with Gasteiger partial charge in [-0.2, -0.15) is 0 Å². The van der Waals surface area contributed by atoms with Gasteiger partial charge in [0, 0.05) is 17.7 Å². The van der Waals surface area contributed by atoms with Crippen LogP contribution in [0.1, 0.15) is 39.0 Å². The fraction of sp³-hybridized carbons (Fsp3) is 0.571. The summed E-state index contributed by atoms with van der Waals surface area (Å²) in [5.41, 5.74) is 6.73. The van der Waals surface area contributed by atoms with Crippen molar-refractivity contribution in [1.82, 2.24) is 14.6 Å². The monoisotopic (exact) mass is 338 g/mol. The quantitative estimate of drug-likeness (QED) is 0.931. The second-order valence-electron chi connectivity index (χ2n) is 5.93. The molecular formula is C14H19BrN4O. The van der Waals surface area contributed by atoms with E-state index in [1.54, 1.807) is 4.40 Å². The van der Waals surface area contributed by atoms with Crippen molar-refractivity contribution in [2.45, 2.75) is 39.0 Å². The molecule has 0 radical (unpaired) electrons. The Morgan fingerprint density at radius 3 is 2.85 bits per heavy atom. The topological polar surface area (TPSA) is 65.4 Å². The minimum absolute atomic E-state index is 0.288. The zero-order valence-electron chi connectivity index (χ0n) is 11.6. The molecule has 0 spiro atoms. The molecule has 108 valence electrons. The first kappa shape index (κ1) is 13.7. The molecule has 0 amide bonds. The largest absolute Gasteiger partial charge is 0.492 e. The van der Waals surface area contributed by atoms with Crippen LogP contribution in [0.25, 0.3) is 5.65 Å². The van der Waals surface area contributed by atoms with Crippen molar-refractivity contribution in [3.05, 3.63) is 16.7 Å². The Hall–Kier alpha value is -1.30. The van der Waals surface area contributed by atoms with Crippen LogP contribution >= 0.6 is 15.9 Å². The predicted octanol–water partition coefficient (Wildman–Crippen LogP) is 3.42. The van der Waals surface area contributed by atoms with E-state index in [2.05, 4.69) is 33.1 Å². The highest BCUT2D eigenvalue weighted by atomic mass is 79.9. The molecule has 1 saturated carbocycles. The van der Waals surface area contributed by atoms with Crippen LogP contribution in [0.15, 0.2) is 16.7 Å². The van der Waals surface area contributed by atoms with Crippen LogP contribution in [0.2, 0.25) is 0 Å². The summed E-state index contributed by atoms with van der Waals surface area (Å²) in [4.78, 5) is 0. The van der Waals surface area contributed by atoms with Crippen molar-refractivity contribution in [3.8, 4) is 5.75 Å². The van der Waals surface area contributed by atoms with Gasteiger partial charge in [0.25, 0.3) is 0 Å². The number of pyridine rings is 1. The average molecular weight is 339 g/mol. The van der Waals surface area contributed by atoms with Crippen LogP contribution < -0.4 is 10.5 Å². The van der Waals surface area contributed by atoms with Crippen LogP contribution in [-0.2, 0) is 0 Å². The Morgan fingerprint density at radius 1 is 1.35 bits per heavy atom. The van der Waals surface area contributed by atoms with Crippen LogP contribution in [0, 0.1) is 5.41 Å². The third kappa shape index (κ3) is 2.61. The van der Waals surface area contributed by atoms with E-state index >= 15 is 0 Å². The molecule has 1 fully saturated rings. The van der Waals surface area contributed by atoms with E-state index in [1.807, 2.05) is 12.3 Å². The van der Waals surface area contributed by atoms with Gasteiger partial charge in [0.05, 0.1) is 11.1 Å². The van der Waals surface area contributed by atoms with Gasteiger partial charge in [0.2, 0.25) is 5.95 Å². The van der Waals surface area contributed by atoms with Gasteiger partial charge in [-0.15, -0.1) is 10.2 Å². The molecule has 2 aromatic heterocycles. The lowest BCUT2D eigenvalue weighted by Crippen LogP contribution is -2.27. The summed E-state index contributed by atoms with van der Waals surface area (Å²) in [6.45, 7) is 3.05. The average Bonchev–Trinajstić information content (AvgIpc) is 2.78. The Labute approximate surface area is 126 Å². The molecule has 0 bridgehead atoms. The van der Waals surface area contributed by atoms with Crippen LogP contribution in [0.5, 0.6) is 5.75 Å². The van der Waals surface area contributed by atoms with Gasteiger partial charge in [-0.1, -0.05) is 26.2 Å². The molecule has 1 aliphatic carbocycles. The lowest BCUT2D eigenvalue weighted by Gasteiger charge is -2.33. The maximum atomic E-state index is 6.03. The van der Waals surface area contributed by atoms with Gasteiger partial charge in [-0.3, -0.25) is 4.40 Å². The maximum Gasteiger partial charge on any atom is 0.226 e. The number of rotatable bonds is 3. The number of nitrogen functional groups attached to an aromatic ring is 1. The summed E-state index contributed by atoms with van der Waals surface area (Å²) in [7, 11) is 0. The molecule has 0 saturated heterocycles. The van der Waals surface area contributed by atoms with Gasteiger partial charge >= 0.3 is 0 Å². The molecule has 0 aliphatic heterocycles. The van der Waals surface area contributed by atoms with E-state index in [0.29, 0.717) is 11.6 Å². The third-order valence-corrected chi connectivity index (χ3v) is 4.72. The SMILES string of the molecule is CC1(COc2cc3nnc(N)n3cc2Br)CCCCC1. The van der Waals surface area contributed by atoms with Gasteiger partial charge < -0.3 is 10.5 Å². The molecule has 3 rings (SSSR count). The van der Waals surface area contributed by atoms with E-state index < -0.39 is 0 Å². The number of hydrogen-bond donors (Lipinski definition) is 1. The molecule has 0 unspecified atom stereocenters. The molecule has 0 atom stereocenters. The Balaban J connectivity index is 1.78. The first-order valence-electron chi connectivity index (χ1n) is 7.00. The zero-order chi connectivity index (χ0) is 14.2. The second kappa shape index (κ2) is 5.24. The van der Waals surface area contributed by atoms with Crippen molar-refractivity contribution in [2.24, 2.45) is 5.41 Å². The van der Waals surface area contributed by atoms with E-state index in [-0.39, 0.29) is 5.41 Å². The van der Waals surface area contributed by atoms with Crippen molar-refractivity contribution in [3.63, 3.8) is 0 Å². The number of aromatic nitrogens is 3. The normalized spacial score (nSPS) is 18.3. The number of ether oxygens (including phenoxy) is 1. The molecular weight excluding hydrogens is 320 g/mol. The van der Waals surface area contributed by atoms with Crippen LogP contribution in [0.4, 0.5) is 5.95 Å². The van der Waals surface area contributed by atoms with E-state index in [0.717, 1.165) is 16.8 Å². The highest BCUT2D eigenvalue weighted by Crippen LogP contribution is 2.37. The standard InChI is InChI=1S/C14H19BrN4O/c1-14(5-3-2-4-6-14)9-20-11-7-12-17-18-13(16)19(12)8-10(11)15/h7-8H,2-6,9H2,1H3,(H2,16,18). The lowest BCUT2D eigenvalue weighted by molar-refractivity contribution is 0.115. The summed E-state index contributed by atoms with van der Waals surface area (Å²) >= 11 is 3.52. The number of fused-ring (bicyclic) bond motifs is 1. The maximum absolute atomic E-state index is 6.03. The Bertz CT molecular complexity index is 619. The first-order valence-corrected chi connectivity index (χ1v) is 7.79. The van der Waals surface area contributed by atoms with Crippen LogP contribution in [0.3, 0.4) is 0 Å². The van der Waals surface area contributed by atoms with Crippen molar-refractivity contribution >= 4 is 27.5 Å². The van der Waals surface area contributed by atoms with Gasteiger partial charge in [-0.25, -0.2) is 0 Å². The number of halogens is 1. The van der Waals surface area contributed by atoms with Gasteiger partial charge in [0.15, 0.2) is 5.65 Å². The minimum atomic E-state index is 0.288. The highest BCUT2D eigenvalue weighted by molar-refractivity contribution is 9.10. The predicted molar refractivity (Wildman–Crippen MR) is 81.8 cm³/mol. The number of hydrogen-bond acceptors (Lipinski definition) is 4. The molecule has 0 aromatic carbocycles. The summed E-state index contributed by atoms with van der Waals surface area (Å²) < 4.78 is 8.63. The smallest absolute Gasteiger partial charge is 0.226 e. The van der Waals surface area contributed by atoms with Crippen molar-refractivity contribution in [1.29, 1.82) is 0 Å². The first-order chi connectivity index (χ1) is 9.57. The second-order valence-corrected chi connectivity index (χ2v) is 6.79. The zero-order valence-corrected chi connectivity index (χ0v) is 13.2. The molecule has 2 aromatic rings. The summed E-state index contributed by atoms with van der Waals surface area (Å²) in [6.07, 6.45) is 8.30. The Morgan fingerprint density at radius 2 is 2.10 bits per heavy atom. The molecule has 1 aliphatic rings. The van der Waals surface area contributed by atoms with Crippen molar-refractivity contribution < 1.29 is 4.74 Å². The minimum Gasteiger partial charge on any atom is -0.492 e. The summed E-state index contributed by atoms with van der Waals surface area (Å²) in [6, 6.07) is 1.87. The number of nitrogens with two attached hydrogens (primary N) is 1. The third-order valence-electron chi connectivity index (χ3n) is 4.12. The van der Waals surface area contributed by atoms with Crippen molar-refractivity contribution in [2.75, 3.05) is 12.3 Å². The Kier molecular flexibility index (Phi) is 3.58. The van der Waals surface area contributed by atoms with Gasteiger partial charge in [0.1, 0.15) is 5.75 Å². The van der Waals surface area contributed by atoms with Crippen LogP contribution in [-0.4, -0.2) is 21.2 Å². The molecule has 2 N–H and O–H groups in total. The van der Waals surface area contributed by atoms with Gasteiger partial charge in [-0.05, 0) is 28.8 Å². The molecule has 2 heterocycles. The lowest BCUT2D eigenvalue weighted by atomic mass is 9.76. The molecule has 20 heavy (non-hydrogen) atoms. The number of nitrogens with zero attached hydrogens (tertiary/aromatic N) is 3. The number of anilines is 1. The summed E-state index contributed by atoms with van der Waals surface area (Å²) in [5, 5.41) is 7.88. The molecule has 6 heteroatoms.